The molecule has 136 valence electrons. The summed E-state index contributed by atoms with van der Waals surface area (Å²) in [5.41, 5.74) is 1.25. The summed E-state index contributed by atoms with van der Waals surface area (Å²) in [5.74, 6) is 2.61. The van der Waals surface area contributed by atoms with Crippen molar-refractivity contribution in [2.45, 2.75) is 31.4 Å². The van der Waals surface area contributed by atoms with Crippen LogP contribution in [-0.2, 0) is 5.54 Å². The van der Waals surface area contributed by atoms with Gasteiger partial charge in [0.15, 0.2) is 0 Å². The van der Waals surface area contributed by atoms with E-state index in [2.05, 4.69) is 23.3 Å². The Hall–Kier alpha value is -2.23. The van der Waals surface area contributed by atoms with E-state index < -0.39 is 11.6 Å². The van der Waals surface area contributed by atoms with Crippen LogP contribution in [0.3, 0.4) is 0 Å². The predicted octanol–water partition coefficient (Wildman–Crippen LogP) is 2.51. The van der Waals surface area contributed by atoms with E-state index in [0.717, 1.165) is 29.3 Å². The minimum Gasteiger partial charge on any atom is -0.386 e. The van der Waals surface area contributed by atoms with Crippen LogP contribution in [0.2, 0.25) is 5.02 Å². The average molecular weight is 373 g/mol. The number of hydrogen-bond acceptors (Lipinski definition) is 3. The summed E-state index contributed by atoms with van der Waals surface area (Å²) in [5, 5.41) is 19.9. The summed E-state index contributed by atoms with van der Waals surface area (Å²) in [6.07, 6.45) is 7.91. The van der Waals surface area contributed by atoms with Crippen molar-refractivity contribution in [3.63, 3.8) is 0 Å². The van der Waals surface area contributed by atoms with Crippen LogP contribution in [0.1, 0.15) is 31.4 Å². The predicted molar refractivity (Wildman–Crippen MR) is 99.9 cm³/mol. The Morgan fingerprint density at radius 2 is 2.23 bits per heavy atom. The number of urea groups is 1. The molecule has 0 aliphatic carbocycles. The highest BCUT2D eigenvalue weighted by Gasteiger charge is 2.50. The molecule has 7 heteroatoms. The Balaban J connectivity index is 1.57. The van der Waals surface area contributed by atoms with Crippen molar-refractivity contribution in [3.05, 3.63) is 28.9 Å². The second kappa shape index (κ2) is 6.19. The summed E-state index contributed by atoms with van der Waals surface area (Å²) < 4.78 is 1.96. The zero-order valence-corrected chi connectivity index (χ0v) is 15.3. The van der Waals surface area contributed by atoms with Gasteiger partial charge in [-0.2, -0.15) is 5.10 Å². The number of nitrogens with one attached hydrogen (secondary N) is 1. The SMILES string of the molecule is C#CCNC(=O)N1CCC(C2(C)[C@H](O)c3cc(Cl)cc4cnn2c34)CC1. The zero-order valence-electron chi connectivity index (χ0n) is 14.6. The molecule has 26 heavy (non-hydrogen) atoms. The summed E-state index contributed by atoms with van der Waals surface area (Å²) in [6, 6.07) is 3.58. The number of rotatable bonds is 2. The summed E-state index contributed by atoms with van der Waals surface area (Å²) >= 11 is 6.21. The number of terminal acetylenes is 1. The van der Waals surface area contributed by atoms with E-state index in [-0.39, 0.29) is 18.5 Å². The van der Waals surface area contributed by atoms with Crippen molar-refractivity contribution in [2.75, 3.05) is 19.6 Å². The molecule has 1 aromatic carbocycles. The average Bonchev–Trinajstić information content (AvgIpc) is 3.16. The van der Waals surface area contributed by atoms with Gasteiger partial charge in [-0.3, -0.25) is 4.68 Å². The highest BCUT2D eigenvalue weighted by atomic mass is 35.5. The van der Waals surface area contributed by atoms with Crippen LogP contribution in [0.5, 0.6) is 0 Å². The van der Waals surface area contributed by atoms with Gasteiger partial charge in [0.2, 0.25) is 0 Å². The fraction of sp³-hybridized carbons (Fsp3) is 0.474. The lowest BCUT2D eigenvalue weighted by molar-refractivity contribution is -0.0116. The molecule has 2 amide bonds. The standard InChI is InChI=1S/C19H21ClN4O2/c1-3-6-21-18(26)23-7-4-13(5-8-23)19(2)17(25)15-10-14(20)9-12-11-22-24(19)16(12)15/h1,9-11,13,17,25H,4-8H2,2H3,(H,21,26)/t17-,19?/m1/s1. The van der Waals surface area contributed by atoms with Gasteiger partial charge in [0.05, 0.1) is 23.8 Å². The minimum absolute atomic E-state index is 0.130. The maximum atomic E-state index is 12.1. The number of benzene rings is 1. The Kier molecular flexibility index (Phi) is 4.09. The number of nitrogens with zero attached hydrogens (tertiary/aromatic N) is 3. The fourth-order valence-electron chi connectivity index (χ4n) is 4.47. The second-order valence-electron chi connectivity index (χ2n) is 7.24. The van der Waals surface area contributed by atoms with Crippen molar-refractivity contribution in [1.82, 2.24) is 20.0 Å². The smallest absolute Gasteiger partial charge is 0.318 e. The first-order chi connectivity index (χ1) is 12.5. The van der Waals surface area contributed by atoms with Gasteiger partial charge in [0, 0.05) is 29.1 Å². The van der Waals surface area contributed by atoms with E-state index in [4.69, 9.17) is 18.0 Å². The monoisotopic (exact) mass is 372 g/mol. The highest BCUT2D eigenvalue weighted by Crippen LogP contribution is 2.51. The third kappa shape index (κ3) is 2.38. The van der Waals surface area contributed by atoms with Crippen LogP contribution in [0.4, 0.5) is 4.79 Å². The zero-order chi connectivity index (χ0) is 18.5. The van der Waals surface area contributed by atoms with Gasteiger partial charge in [-0.25, -0.2) is 4.79 Å². The number of aliphatic hydroxyl groups is 1. The van der Waals surface area contributed by atoms with Crippen LogP contribution in [0, 0.1) is 18.3 Å². The maximum absolute atomic E-state index is 12.1. The summed E-state index contributed by atoms with van der Waals surface area (Å²) in [7, 11) is 0. The fourth-order valence-corrected chi connectivity index (χ4v) is 4.70. The first kappa shape index (κ1) is 17.2. The molecule has 1 aromatic heterocycles. The van der Waals surface area contributed by atoms with Crippen molar-refractivity contribution < 1.29 is 9.90 Å². The molecule has 0 bridgehead atoms. The van der Waals surface area contributed by atoms with Crippen LogP contribution in [0.15, 0.2) is 18.3 Å². The lowest BCUT2D eigenvalue weighted by Crippen LogP contribution is -2.50. The Bertz CT molecular complexity index is 910. The molecule has 2 aliphatic rings. The van der Waals surface area contributed by atoms with E-state index in [1.54, 1.807) is 11.1 Å². The number of halogens is 1. The van der Waals surface area contributed by atoms with E-state index in [0.29, 0.717) is 18.1 Å². The number of carbonyl (C=O) groups is 1. The topological polar surface area (TPSA) is 70.4 Å². The molecule has 2 aromatic rings. The summed E-state index contributed by atoms with van der Waals surface area (Å²) in [4.78, 5) is 13.9. The van der Waals surface area contributed by atoms with Crippen LogP contribution in [0.25, 0.3) is 10.9 Å². The molecule has 0 radical (unpaired) electrons. The quantitative estimate of drug-likeness (QED) is 0.796. The third-order valence-corrected chi connectivity index (χ3v) is 6.13. The molecule has 4 rings (SSSR count). The van der Waals surface area contributed by atoms with Gasteiger partial charge in [-0.1, -0.05) is 17.5 Å². The molecule has 6 nitrogen and oxygen atoms in total. The lowest BCUT2D eigenvalue weighted by Gasteiger charge is -2.42. The summed E-state index contributed by atoms with van der Waals surface area (Å²) in [6.45, 7) is 3.54. The van der Waals surface area contributed by atoms with Crippen LogP contribution >= 0.6 is 11.6 Å². The van der Waals surface area contributed by atoms with Gasteiger partial charge >= 0.3 is 6.03 Å². The molecule has 1 saturated heterocycles. The third-order valence-electron chi connectivity index (χ3n) is 5.91. The minimum atomic E-state index is -0.667. The van der Waals surface area contributed by atoms with Gasteiger partial charge in [-0.15, -0.1) is 6.42 Å². The number of piperidine rings is 1. The van der Waals surface area contributed by atoms with Crippen LogP contribution < -0.4 is 5.32 Å². The number of carbonyl (C=O) groups excluding carboxylic acids is 1. The Morgan fingerprint density at radius 1 is 1.50 bits per heavy atom. The van der Waals surface area contributed by atoms with Gasteiger partial charge in [0.25, 0.3) is 0 Å². The van der Waals surface area contributed by atoms with Crippen LogP contribution in [-0.4, -0.2) is 45.5 Å². The Labute approximate surface area is 157 Å². The lowest BCUT2D eigenvalue weighted by atomic mass is 9.75. The number of aromatic nitrogens is 2. The number of amides is 2. The number of likely N-dealkylation sites (tertiary alicyclic amines) is 1. The first-order valence-corrected chi connectivity index (χ1v) is 9.16. The van der Waals surface area contributed by atoms with Gasteiger partial charge < -0.3 is 15.3 Å². The Morgan fingerprint density at radius 3 is 2.92 bits per heavy atom. The maximum Gasteiger partial charge on any atom is 0.318 e. The van der Waals surface area contributed by atoms with Crippen molar-refractivity contribution in [2.24, 2.45) is 5.92 Å². The van der Waals surface area contributed by atoms with Gasteiger partial charge in [-0.05, 0) is 37.8 Å². The molecule has 2 aliphatic heterocycles. The molecule has 0 saturated carbocycles. The second-order valence-corrected chi connectivity index (χ2v) is 7.68. The van der Waals surface area contributed by atoms with E-state index in [1.165, 1.54) is 0 Å². The normalized spacial score (nSPS) is 25.5. The molecule has 0 spiro atoms. The molecule has 1 fully saturated rings. The van der Waals surface area contributed by atoms with E-state index >= 15 is 0 Å². The van der Waals surface area contributed by atoms with Crippen molar-refractivity contribution in [3.8, 4) is 12.3 Å². The molecule has 3 heterocycles. The van der Waals surface area contributed by atoms with E-state index in [9.17, 15) is 9.90 Å². The number of aliphatic hydroxyl groups excluding tert-OH is 1. The van der Waals surface area contributed by atoms with Crippen molar-refractivity contribution >= 4 is 28.5 Å². The van der Waals surface area contributed by atoms with E-state index in [1.807, 2.05) is 16.8 Å². The number of hydrogen-bond donors (Lipinski definition) is 2. The molecule has 2 N–H and O–H groups in total. The molecular formula is C19H21ClN4O2. The molecule has 1 unspecified atom stereocenters. The highest BCUT2D eigenvalue weighted by molar-refractivity contribution is 6.31. The molecular weight excluding hydrogens is 352 g/mol. The van der Waals surface area contributed by atoms with Gasteiger partial charge in [0.1, 0.15) is 6.10 Å². The van der Waals surface area contributed by atoms with Crippen molar-refractivity contribution in [1.29, 1.82) is 0 Å². The molecule has 2 atom stereocenters. The first-order valence-electron chi connectivity index (χ1n) is 8.78. The largest absolute Gasteiger partial charge is 0.386 e.